The van der Waals surface area contributed by atoms with Crippen LogP contribution in [0.5, 0.6) is 0 Å². The molecule has 2 fully saturated rings. The van der Waals surface area contributed by atoms with Crippen LogP contribution >= 0.6 is 0 Å². The molecule has 2 rings (SSSR count). The monoisotopic (exact) mass is 282 g/mol. The lowest BCUT2D eigenvalue weighted by atomic mass is 9.94. The van der Waals surface area contributed by atoms with Crippen molar-refractivity contribution >= 4 is 5.91 Å². The van der Waals surface area contributed by atoms with E-state index in [2.05, 4.69) is 29.1 Å². The van der Waals surface area contributed by atoms with Gasteiger partial charge in [-0.2, -0.15) is 0 Å². The number of primary amides is 1. The van der Waals surface area contributed by atoms with Gasteiger partial charge in [-0.1, -0.05) is 0 Å². The predicted molar refractivity (Wildman–Crippen MR) is 81.5 cm³/mol. The van der Waals surface area contributed by atoms with Gasteiger partial charge in [0.2, 0.25) is 5.91 Å². The van der Waals surface area contributed by atoms with Crippen molar-refractivity contribution < 1.29 is 4.79 Å². The first-order valence-electron chi connectivity index (χ1n) is 7.91. The summed E-state index contributed by atoms with van der Waals surface area (Å²) in [6.45, 7) is 8.70. The Bertz CT molecular complexity index is 345. The van der Waals surface area contributed by atoms with E-state index in [1.54, 1.807) is 0 Å². The number of nitrogens with two attached hydrogens (primary N) is 1. The molecule has 5 nitrogen and oxygen atoms in total. The van der Waals surface area contributed by atoms with E-state index in [0.717, 1.165) is 39.0 Å². The molecule has 3 N–H and O–H groups in total. The lowest BCUT2D eigenvalue weighted by Crippen LogP contribution is -2.55. The lowest BCUT2D eigenvalue weighted by Gasteiger charge is -2.38. The third-order valence-corrected chi connectivity index (χ3v) is 4.73. The van der Waals surface area contributed by atoms with Gasteiger partial charge in [0.1, 0.15) is 0 Å². The van der Waals surface area contributed by atoms with E-state index in [-0.39, 0.29) is 5.91 Å². The molecule has 0 aromatic heterocycles. The highest BCUT2D eigenvalue weighted by molar-refractivity contribution is 5.84. The topological polar surface area (TPSA) is 61.6 Å². The standard InChI is InChI=1S/C15H30N4O/c1-12-11-18(3)9-10-19(12)8-4-7-15(2,14(16)20)17-13-5-6-13/h12-13,17H,4-11H2,1-3H3,(H2,16,20). The van der Waals surface area contributed by atoms with Crippen LogP contribution in [0, 0.1) is 0 Å². The van der Waals surface area contributed by atoms with Gasteiger partial charge >= 0.3 is 0 Å². The number of nitrogens with one attached hydrogen (secondary N) is 1. The van der Waals surface area contributed by atoms with Crippen LogP contribution in [0.3, 0.4) is 0 Å². The van der Waals surface area contributed by atoms with Crippen LogP contribution in [-0.4, -0.2) is 66.6 Å². The molecular formula is C15H30N4O. The molecule has 1 aliphatic heterocycles. The molecule has 5 heteroatoms. The highest BCUT2D eigenvalue weighted by Gasteiger charge is 2.36. The highest BCUT2D eigenvalue weighted by Crippen LogP contribution is 2.25. The maximum Gasteiger partial charge on any atom is 0.237 e. The van der Waals surface area contributed by atoms with Gasteiger partial charge < -0.3 is 16.0 Å². The minimum absolute atomic E-state index is 0.212. The van der Waals surface area contributed by atoms with Crippen molar-refractivity contribution in [3.8, 4) is 0 Å². The molecule has 2 unspecified atom stereocenters. The molecule has 1 heterocycles. The lowest BCUT2D eigenvalue weighted by molar-refractivity contribution is -0.124. The predicted octanol–water partition coefficient (Wildman–Crippen LogP) is 0.399. The maximum atomic E-state index is 11.7. The minimum atomic E-state index is -0.531. The number of hydrogen-bond donors (Lipinski definition) is 2. The normalized spacial score (nSPS) is 28.2. The minimum Gasteiger partial charge on any atom is -0.368 e. The zero-order valence-electron chi connectivity index (χ0n) is 13.2. The molecule has 1 saturated carbocycles. The molecule has 0 aromatic rings. The Labute approximate surface area is 122 Å². The van der Waals surface area contributed by atoms with Gasteiger partial charge in [0.15, 0.2) is 0 Å². The summed E-state index contributed by atoms with van der Waals surface area (Å²) in [5.41, 5.74) is 5.06. The summed E-state index contributed by atoms with van der Waals surface area (Å²) >= 11 is 0. The quantitative estimate of drug-likeness (QED) is 0.709. The summed E-state index contributed by atoms with van der Waals surface area (Å²) in [5, 5.41) is 3.42. The van der Waals surface area contributed by atoms with E-state index < -0.39 is 5.54 Å². The molecule has 20 heavy (non-hydrogen) atoms. The Morgan fingerprint density at radius 2 is 2.10 bits per heavy atom. The molecule has 0 spiro atoms. The highest BCUT2D eigenvalue weighted by atomic mass is 16.1. The second kappa shape index (κ2) is 6.41. The Morgan fingerprint density at radius 3 is 2.65 bits per heavy atom. The van der Waals surface area contributed by atoms with E-state index in [0.29, 0.717) is 12.1 Å². The van der Waals surface area contributed by atoms with Crippen molar-refractivity contribution in [2.24, 2.45) is 5.73 Å². The molecule has 0 radical (unpaired) electrons. The second-order valence-electron chi connectivity index (χ2n) is 6.87. The third kappa shape index (κ3) is 4.17. The average Bonchev–Trinajstić information content (AvgIpc) is 3.15. The molecule has 116 valence electrons. The first-order chi connectivity index (χ1) is 9.40. The third-order valence-electron chi connectivity index (χ3n) is 4.73. The SMILES string of the molecule is CC1CN(C)CCN1CCCC(C)(NC1CC1)C(N)=O. The van der Waals surface area contributed by atoms with Gasteiger partial charge in [0.05, 0.1) is 5.54 Å². The largest absolute Gasteiger partial charge is 0.368 e. The van der Waals surface area contributed by atoms with Crippen molar-refractivity contribution in [1.29, 1.82) is 0 Å². The Balaban J connectivity index is 1.76. The number of carbonyl (C=O) groups is 1. The molecule has 1 amide bonds. The molecule has 2 aliphatic rings. The van der Waals surface area contributed by atoms with Crippen molar-refractivity contribution in [3.05, 3.63) is 0 Å². The van der Waals surface area contributed by atoms with Crippen LogP contribution in [0.4, 0.5) is 0 Å². The number of amides is 1. The summed E-state index contributed by atoms with van der Waals surface area (Å²) < 4.78 is 0. The average molecular weight is 282 g/mol. The van der Waals surface area contributed by atoms with Crippen LogP contribution < -0.4 is 11.1 Å². The van der Waals surface area contributed by atoms with E-state index >= 15 is 0 Å². The number of piperazine rings is 1. The summed E-state index contributed by atoms with van der Waals surface area (Å²) in [7, 11) is 2.18. The fourth-order valence-electron chi connectivity index (χ4n) is 3.09. The maximum absolute atomic E-state index is 11.7. The van der Waals surface area contributed by atoms with Crippen LogP contribution in [0.1, 0.15) is 39.5 Å². The fraction of sp³-hybridized carbons (Fsp3) is 0.933. The number of rotatable bonds is 7. The van der Waals surface area contributed by atoms with E-state index in [4.69, 9.17) is 5.73 Å². The van der Waals surface area contributed by atoms with Crippen LogP contribution in [-0.2, 0) is 4.79 Å². The first kappa shape index (κ1) is 15.7. The number of hydrogen-bond acceptors (Lipinski definition) is 4. The van der Waals surface area contributed by atoms with Crippen molar-refractivity contribution in [2.75, 3.05) is 33.2 Å². The van der Waals surface area contributed by atoms with Gasteiger partial charge in [0, 0.05) is 31.7 Å². The zero-order valence-corrected chi connectivity index (χ0v) is 13.2. The Kier molecular flexibility index (Phi) is 5.04. The molecule has 1 saturated heterocycles. The van der Waals surface area contributed by atoms with Crippen molar-refractivity contribution in [3.63, 3.8) is 0 Å². The van der Waals surface area contributed by atoms with Gasteiger partial charge in [-0.15, -0.1) is 0 Å². The van der Waals surface area contributed by atoms with Gasteiger partial charge in [0.25, 0.3) is 0 Å². The van der Waals surface area contributed by atoms with Crippen molar-refractivity contribution in [2.45, 2.75) is 57.2 Å². The number of nitrogens with zero attached hydrogens (tertiary/aromatic N) is 2. The molecule has 2 atom stereocenters. The zero-order chi connectivity index (χ0) is 14.8. The summed E-state index contributed by atoms with van der Waals surface area (Å²) in [4.78, 5) is 16.6. The molecular weight excluding hydrogens is 252 g/mol. The summed E-state index contributed by atoms with van der Waals surface area (Å²) in [6, 6.07) is 1.11. The van der Waals surface area contributed by atoms with Crippen LogP contribution in [0.15, 0.2) is 0 Å². The molecule has 0 aromatic carbocycles. The Hall–Kier alpha value is -0.650. The van der Waals surface area contributed by atoms with Crippen molar-refractivity contribution in [1.82, 2.24) is 15.1 Å². The van der Waals surface area contributed by atoms with Crippen LogP contribution in [0.2, 0.25) is 0 Å². The first-order valence-corrected chi connectivity index (χ1v) is 7.91. The van der Waals surface area contributed by atoms with E-state index in [1.807, 2.05) is 6.92 Å². The van der Waals surface area contributed by atoms with Gasteiger partial charge in [-0.05, 0) is 53.1 Å². The van der Waals surface area contributed by atoms with Gasteiger partial charge in [-0.3, -0.25) is 9.69 Å². The van der Waals surface area contributed by atoms with Crippen LogP contribution in [0.25, 0.3) is 0 Å². The van der Waals surface area contributed by atoms with E-state index in [1.165, 1.54) is 12.8 Å². The summed E-state index contributed by atoms with van der Waals surface area (Å²) in [6.07, 6.45) is 4.21. The van der Waals surface area contributed by atoms with Gasteiger partial charge in [-0.25, -0.2) is 0 Å². The fourth-order valence-corrected chi connectivity index (χ4v) is 3.09. The number of carbonyl (C=O) groups excluding carboxylic acids is 1. The molecule has 0 bridgehead atoms. The second-order valence-corrected chi connectivity index (χ2v) is 6.87. The number of likely N-dealkylation sites (N-methyl/N-ethyl adjacent to an activating group) is 1. The van der Waals surface area contributed by atoms with E-state index in [9.17, 15) is 4.79 Å². The Morgan fingerprint density at radius 1 is 1.40 bits per heavy atom. The molecule has 1 aliphatic carbocycles. The summed E-state index contributed by atoms with van der Waals surface area (Å²) in [5.74, 6) is -0.212. The smallest absolute Gasteiger partial charge is 0.237 e.